The Hall–Kier alpha value is -3.12. The average molecular weight is 355 g/mol. The summed E-state index contributed by atoms with van der Waals surface area (Å²) in [5.41, 5.74) is 7.58. The third-order valence-electron chi connectivity index (χ3n) is 3.60. The van der Waals surface area contributed by atoms with Crippen molar-refractivity contribution in [2.24, 2.45) is 5.73 Å². The normalized spacial score (nSPS) is 11.5. The molecular weight excluding hydrogens is 343 g/mol. The maximum absolute atomic E-state index is 14.0. The molecule has 3 rings (SSSR count). The molecule has 0 fully saturated rings. The first-order chi connectivity index (χ1) is 12.0. The number of hydrogen-bond donors (Lipinski definition) is 2. The van der Waals surface area contributed by atoms with Crippen LogP contribution in [-0.4, -0.2) is 22.0 Å². The van der Waals surface area contributed by atoms with Crippen molar-refractivity contribution in [3.05, 3.63) is 76.5 Å². The van der Waals surface area contributed by atoms with Crippen LogP contribution in [-0.2, 0) is 0 Å². The number of nitrogens with zero attached hydrogens (tertiary/aromatic N) is 2. The minimum atomic E-state index is -0.584. The van der Waals surface area contributed by atoms with Crippen molar-refractivity contribution >= 4 is 40.2 Å². The van der Waals surface area contributed by atoms with Crippen molar-refractivity contribution in [1.82, 2.24) is 9.97 Å². The number of allylic oxidation sites excluding steroid dienone is 1. The molecule has 0 amide bonds. The van der Waals surface area contributed by atoms with Crippen molar-refractivity contribution in [2.75, 3.05) is 0 Å². The number of fused-ring (bicyclic) bond motifs is 1. The van der Waals surface area contributed by atoms with Crippen LogP contribution in [0, 0.1) is 11.2 Å². The molecule has 2 aromatic heterocycles. The van der Waals surface area contributed by atoms with Gasteiger partial charge in [0.05, 0.1) is 22.4 Å². The van der Waals surface area contributed by atoms with Gasteiger partial charge in [-0.1, -0.05) is 11.6 Å². The van der Waals surface area contributed by atoms with Crippen LogP contribution in [0.5, 0.6) is 0 Å². The number of rotatable bonds is 4. The summed E-state index contributed by atoms with van der Waals surface area (Å²) in [4.78, 5) is 19.4. The largest absolute Gasteiger partial charge is 0.404 e. The number of aldehydes is 1. The number of nitrogens with two attached hydrogens (primary N) is 1. The monoisotopic (exact) mass is 354 g/mol. The van der Waals surface area contributed by atoms with Crippen LogP contribution in [0.4, 0.5) is 4.39 Å². The van der Waals surface area contributed by atoms with Crippen LogP contribution in [0.1, 0.15) is 21.6 Å². The number of nitrogens with one attached hydrogen (secondary N) is 1. The minimum Gasteiger partial charge on any atom is -0.404 e. The maximum atomic E-state index is 14.0. The van der Waals surface area contributed by atoms with E-state index in [1.165, 1.54) is 30.6 Å². The van der Waals surface area contributed by atoms with E-state index in [4.69, 9.17) is 22.7 Å². The fourth-order valence-electron chi connectivity index (χ4n) is 2.37. The zero-order valence-electron chi connectivity index (χ0n) is 12.8. The van der Waals surface area contributed by atoms with Crippen molar-refractivity contribution in [3.63, 3.8) is 0 Å². The number of carbonyl (C=O) groups excluding carboxylic acids is 1. The van der Waals surface area contributed by atoms with E-state index in [1.54, 1.807) is 18.2 Å². The van der Waals surface area contributed by atoms with E-state index in [9.17, 15) is 9.18 Å². The fourth-order valence-corrected chi connectivity index (χ4v) is 2.54. The summed E-state index contributed by atoms with van der Waals surface area (Å²) in [5.74, 6) is -0.584. The Labute approximate surface area is 147 Å². The van der Waals surface area contributed by atoms with Gasteiger partial charge in [-0.2, -0.15) is 0 Å². The number of carbonyl (C=O) groups is 1. The van der Waals surface area contributed by atoms with Gasteiger partial charge in [0, 0.05) is 34.1 Å². The summed E-state index contributed by atoms with van der Waals surface area (Å²) in [5, 5.41) is 8.60. The van der Waals surface area contributed by atoms with Crippen LogP contribution in [0.15, 0.2) is 48.8 Å². The van der Waals surface area contributed by atoms with Gasteiger partial charge in [0.2, 0.25) is 0 Å². The molecule has 0 spiro atoms. The van der Waals surface area contributed by atoms with E-state index in [0.29, 0.717) is 33.6 Å². The lowest BCUT2D eigenvalue weighted by Crippen LogP contribution is -2.09. The average Bonchev–Trinajstić information content (AvgIpc) is 2.63. The molecule has 124 valence electrons. The Morgan fingerprint density at radius 1 is 1.20 bits per heavy atom. The Bertz CT molecular complexity index is 1030. The van der Waals surface area contributed by atoms with Crippen LogP contribution in [0.3, 0.4) is 0 Å². The van der Waals surface area contributed by atoms with Crippen LogP contribution in [0.25, 0.3) is 16.6 Å². The van der Waals surface area contributed by atoms with Gasteiger partial charge in [-0.3, -0.25) is 15.2 Å². The van der Waals surface area contributed by atoms with Crippen molar-refractivity contribution in [3.8, 4) is 0 Å². The summed E-state index contributed by atoms with van der Waals surface area (Å²) in [7, 11) is 0. The highest BCUT2D eigenvalue weighted by Gasteiger charge is 2.16. The second kappa shape index (κ2) is 6.78. The van der Waals surface area contributed by atoms with Gasteiger partial charge in [-0.25, -0.2) is 9.37 Å². The topological polar surface area (TPSA) is 92.7 Å². The summed E-state index contributed by atoms with van der Waals surface area (Å²) >= 11 is 5.90. The first-order valence-electron chi connectivity index (χ1n) is 7.22. The Morgan fingerprint density at radius 3 is 2.72 bits per heavy atom. The van der Waals surface area contributed by atoms with E-state index in [0.717, 1.165) is 0 Å². The van der Waals surface area contributed by atoms with Crippen LogP contribution < -0.4 is 5.73 Å². The van der Waals surface area contributed by atoms with Crippen LogP contribution in [0.2, 0.25) is 5.02 Å². The van der Waals surface area contributed by atoms with Gasteiger partial charge >= 0.3 is 0 Å². The lowest BCUT2D eigenvalue weighted by Gasteiger charge is -2.10. The molecule has 3 aromatic rings. The molecule has 0 aliphatic heterocycles. The lowest BCUT2D eigenvalue weighted by molar-refractivity contribution is 0.112. The van der Waals surface area contributed by atoms with Crippen molar-refractivity contribution < 1.29 is 9.18 Å². The van der Waals surface area contributed by atoms with Crippen molar-refractivity contribution in [1.29, 1.82) is 5.41 Å². The molecule has 0 bridgehead atoms. The zero-order chi connectivity index (χ0) is 18.0. The second-order valence-electron chi connectivity index (χ2n) is 5.20. The molecule has 25 heavy (non-hydrogen) atoms. The van der Waals surface area contributed by atoms with E-state index in [1.807, 2.05) is 0 Å². The zero-order valence-corrected chi connectivity index (χ0v) is 13.6. The molecule has 0 atom stereocenters. The van der Waals surface area contributed by atoms with Crippen molar-refractivity contribution in [2.45, 2.75) is 0 Å². The predicted molar refractivity (Wildman–Crippen MR) is 95.3 cm³/mol. The van der Waals surface area contributed by atoms with E-state index < -0.39 is 5.82 Å². The first kappa shape index (κ1) is 16.7. The SMILES string of the molecule is N=C(/C(=C\N)c1ccc2ncc(C=O)cc2n1)c1cc(Cl)ccc1F. The molecule has 3 N–H and O–H groups in total. The summed E-state index contributed by atoms with van der Waals surface area (Å²) in [6.45, 7) is 0. The molecule has 2 heterocycles. The third-order valence-corrected chi connectivity index (χ3v) is 3.84. The number of pyridine rings is 2. The smallest absolute Gasteiger partial charge is 0.151 e. The lowest BCUT2D eigenvalue weighted by atomic mass is 9.99. The summed E-state index contributed by atoms with van der Waals surface area (Å²) in [6.07, 6.45) is 3.30. The Morgan fingerprint density at radius 2 is 2.00 bits per heavy atom. The standard InChI is InChI=1S/C18H12ClFN4O/c19-11-1-2-14(20)12(6-11)18(22)13(7-21)15-3-4-16-17(24-15)5-10(9-25)8-23-16/h1-9,22H,21H2/b13-7-,22-18?. The van der Waals surface area contributed by atoms with E-state index in [2.05, 4.69) is 9.97 Å². The van der Waals surface area contributed by atoms with Gasteiger partial charge in [0.25, 0.3) is 0 Å². The highest BCUT2D eigenvalue weighted by atomic mass is 35.5. The summed E-state index contributed by atoms with van der Waals surface area (Å²) < 4.78 is 14.0. The summed E-state index contributed by atoms with van der Waals surface area (Å²) in [6, 6.07) is 8.85. The van der Waals surface area contributed by atoms with Crippen LogP contribution >= 0.6 is 11.6 Å². The van der Waals surface area contributed by atoms with Gasteiger partial charge in [0.1, 0.15) is 5.82 Å². The minimum absolute atomic E-state index is 0.0193. The van der Waals surface area contributed by atoms with E-state index >= 15 is 0 Å². The maximum Gasteiger partial charge on any atom is 0.151 e. The molecular formula is C18H12ClFN4O. The Kier molecular flexibility index (Phi) is 4.54. The van der Waals surface area contributed by atoms with E-state index in [-0.39, 0.29) is 16.8 Å². The number of halogens is 2. The molecule has 0 aliphatic rings. The Balaban J connectivity index is 2.09. The molecule has 0 radical (unpaired) electrons. The highest BCUT2D eigenvalue weighted by Crippen LogP contribution is 2.23. The molecule has 0 unspecified atom stereocenters. The van der Waals surface area contributed by atoms with Gasteiger partial charge in [-0.05, 0) is 36.4 Å². The van der Waals surface area contributed by atoms with Gasteiger partial charge in [-0.15, -0.1) is 0 Å². The number of benzene rings is 1. The number of aromatic nitrogens is 2. The molecule has 5 nitrogen and oxygen atoms in total. The first-order valence-corrected chi connectivity index (χ1v) is 7.60. The van der Waals surface area contributed by atoms with Gasteiger partial charge < -0.3 is 5.73 Å². The molecule has 0 saturated carbocycles. The van der Waals surface area contributed by atoms with Gasteiger partial charge in [0.15, 0.2) is 6.29 Å². The highest BCUT2D eigenvalue weighted by molar-refractivity contribution is 6.33. The molecule has 1 aromatic carbocycles. The molecule has 0 aliphatic carbocycles. The fraction of sp³-hybridized carbons (Fsp3) is 0. The second-order valence-corrected chi connectivity index (χ2v) is 5.64. The molecule has 0 saturated heterocycles. The number of hydrogen-bond acceptors (Lipinski definition) is 5. The predicted octanol–water partition coefficient (Wildman–Crippen LogP) is 3.60. The quantitative estimate of drug-likeness (QED) is 0.553. The third kappa shape index (κ3) is 3.25. The molecule has 7 heteroatoms.